The molecule has 0 aliphatic carbocycles. The predicted octanol–water partition coefficient (Wildman–Crippen LogP) is 6.60. The molecule has 0 radical (unpaired) electrons. The average Bonchev–Trinajstić information content (AvgIpc) is 3.61. The van der Waals surface area contributed by atoms with Crippen LogP contribution in [0.3, 0.4) is 0 Å². The number of fused-ring (bicyclic) bond motifs is 1. The van der Waals surface area contributed by atoms with Crippen molar-refractivity contribution in [3.63, 3.8) is 0 Å². The van der Waals surface area contributed by atoms with Crippen LogP contribution >= 0.6 is 22.9 Å². The van der Waals surface area contributed by atoms with Crippen molar-refractivity contribution in [2.45, 2.75) is 70.8 Å². The van der Waals surface area contributed by atoms with E-state index in [2.05, 4.69) is 16.8 Å². The van der Waals surface area contributed by atoms with Crippen molar-refractivity contribution in [2.75, 3.05) is 19.6 Å². The molecule has 3 aromatic rings. The molecule has 0 bridgehead atoms. The van der Waals surface area contributed by atoms with Crippen molar-refractivity contribution >= 4 is 50.6 Å². The Bertz CT molecular complexity index is 1350. The third-order valence-electron chi connectivity index (χ3n) is 7.59. The summed E-state index contributed by atoms with van der Waals surface area (Å²) < 4.78 is 0.959. The minimum atomic E-state index is -0.538. The van der Waals surface area contributed by atoms with E-state index in [4.69, 9.17) is 16.6 Å². The number of amides is 1. The maximum atomic E-state index is 13.7. The predicted molar refractivity (Wildman–Crippen MR) is 167 cm³/mol. The number of hydrogen-bond donors (Lipinski definition) is 1. The highest BCUT2D eigenvalue weighted by Gasteiger charge is 2.26. The van der Waals surface area contributed by atoms with Crippen LogP contribution in [-0.2, 0) is 27.2 Å². The fraction of sp³-hybridized carbons (Fsp3) is 0.455. The van der Waals surface area contributed by atoms with Gasteiger partial charge in [-0.3, -0.25) is 19.3 Å². The monoisotopic (exact) mass is 593 g/mol. The van der Waals surface area contributed by atoms with Crippen molar-refractivity contribution in [3.05, 3.63) is 76.3 Å². The average molecular weight is 594 g/mol. The van der Waals surface area contributed by atoms with E-state index in [1.54, 1.807) is 6.07 Å². The molecule has 1 N–H and O–H groups in total. The highest BCUT2D eigenvalue weighted by molar-refractivity contribution is 7.18. The zero-order valence-electron chi connectivity index (χ0n) is 23.9. The lowest BCUT2D eigenvalue weighted by molar-refractivity contribution is -0.130. The first-order chi connectivity index (χ1) is 19.8. The zero-order valence-corrected chi connectivity index (χ0v) is 25.4. The smallest absolute Gasteiger partial charge is 0.224 e. The number of nitrogens with one attached hydrogen (secondary N) is 1. The van der Waals surface area contributed by atoms with E-state index in [9.17, 15) is 14.4 Å². The van der Waals surface area contributed by atoms with Gasteiger partial charge < -0.3 is 5.32 Å². The van der Waals surface area contributed by atoms with Gasteiger partial charge in [0, 0.05) is 48.9 Å². The van der Waals surface area contributed by atoms with Gasteiger partial charge in [-0.1, -0.05) is 55.4 Å². The second-order valence-electron chi connectivity index (χ2n) is 11.1. The Labute approximate surface area is 252 Å². The summed E-state index contributed by atoms with van der Waals surface area (Å²) in [5.41, 5.74) is 2.56. The number of likely N-dealkylation sites (tertiary alicyclic amines) is 1. The van der Waals surface area contributed by atoms with Crippen LogP contribution in [0.1, 0.15) is 62.4 Å². The normalized spacial score (nSPS) is 15.1. The van der Waals surface area contributed by atoms with Gasteiger partial charge in [0.2, 0.25) is 5.91 Å². The molecule has 8 heteroatoms. The van der Waals surface area contributed by atoms with Crippen LogP contribution < -0.4 is 5.32 Å². The molecule has 2 heterocycles. The number of carbonyl (C=O) groups excluding carboxylic acids is 3. The van der Waals surface area contributed by atoms with Crippen molar-refractivity contribution in [2.24, 2.45) is 5.92 Å². The van der Waals surface area contributed by atoms with Crippen molar-refractivity contribution in [1.82, 2.24) is 15.2 Å². The van der Waals surface area contributed by atoms with Gasteiger partial charge in [0.1, 0.15) is 5.78 Å². The topological polar surface area (TPSA) is 79.4 Å². The summed E-state index contributed by atoms with van der Waals surface area (Å²) in [5, 5.41) is 4.66. The van der Waals surface area contributed by atoms with Gasteiger partial charge in [-0.2, -0.15) is 0 Å². The summed E-state index contributed by atoms with van der Waals surface area (Å²) in [6.45, 7) is 8.67. The maximum absolute atomic E-state index is 13.7. The molecule has 0 saturated carbocycles. The van der Waals surface area contributed by atoms with Crippen LogP contribution in [-0.4, -0.2) is 53.0 Å². The minimum absolute atomic E-state index is 0.0482. The van der Waals surface area contributed by atoms with Gasteiger partial charge in [-0.05, 0) is 69.0 Å². The van der Waals surface area contributed by atoms with Crippen LogP contribution in [0.2, 0.25) is 5.02 Å². The van der Waals surface area contributed by atoms with Crippen molar-refractivity contribution < 1.29 is 14.4 Å². The highest BCUT2D eigenvalue weighted by atomic mass is 35.5. The molecule has 1 aliphatic rings. The van der Waals surface area contributed by atoms with Gasteiger partial charge in [0.05, 0.1) is 21.1 Å². The van der Waals surface area contributed by atoms with Gasteiger partial charge in [0.25, 0.3) is 0 Å². The first-order valence-corrected chi connectivity index (χ1v) is 15.8. The minimum Gasteiger partial charge on any atom is -0.353 e. The largest absolute Gasteiger partial charge is 0.353 e. The van der Waals surface area contributed by atoms with Gasteiger partial charge in [-0.15, -0.1) is 11.3 Å². The Morgan fingerprint density at radius 2 is 1.83 bits per heavy atom. The summed E-state index contributed by atoms with van der Waals surface area (Å²) in [6, 6.07) is 15.3. The molecular weight excluding hydrogens is 554 g/mol. The van der Waals surface area contributed by atoms with Crippen LogP contribution in [0.5, 0.6) is 0 Å². The number of aromatic nitrogens is 1. The zero-order chi connectivity index (χ0) is 29.2. The number of nitrogens with zero attached hydrogens (tertiary/aromatic N) is 2. The van der Waals surface area contributed by atoms with Crippen molar-refractivity contribution in [3.8, 4) is 0 Å². The van der Waals surface area contributed by atoms with E-state index >= 15 is 0 Å². The van der Waals surface area contributed by atoms with E-state index < -0.39 is 5.92 Å². The van der Waals surface area contributed by atoms with E-state index in [0.717, 1.165) is 40.3 Å². The molecule has 2 atom stereocenters. The molecule has 2 aromatic carbocycles. The molecule has 1 aromatic heterocycles. The summed E-state index contributed by atoms with van der Waals surface area (Å²) >= 11 is 7.67. The lowest BCUT2D eigenvalue weighted by atomic mass is 9.94. The number of ketones is 2. The van der Waals surface area contributed by atoms with E-state index in [0.29, 0.717) is 49.2 Å². The second kappa shape index (κ2) is 15.4. The van der Waals surface area contributed by atoms with Crippen molar-refractivity contribution in [1.29, 1.82) is 0 Å². The highest BCUT2D eigenvalue weighted by Crippen LogP contribution is 2.28. The SMILES string of the molecule is C=C(CN1CCCC1)C(=O)CC[C@H](Cc1ccccc1)NC(=O)[C@@H](CC(=O)CCC)Cc1nc2ccc(Cl)cc2s1. The molecule has 0 spiro atoms. The number of carbonyl (C=O) groups is 3. The van der Waals surface area contributed by atoms with E-state index in [1.807, 2.05) is 49.4 Å². The fourth-order valence-electron chi connectivity index (χ4n) is 5.38. The Hall–Kier alpha value is -2.87. The van der Waals surface area contributed by atoms with Gasteiger partial charge in [0.15, 0.2) is 5.78 Å². The Balaban J connectivity index is 1.46. The number of halogens is 1. The standard InChI is InChI=1S/C33H40ClN3O3S/c1-3-9-28(38)19-25(20-32-36-29-14-12-26(34)21-31(29)41-32)33(40)35-27(18-24-10-5-4-6-11-24)13-15-30(39)23(2)22-37-16-7-8-17-37/h4-6,10-12,14,21,25,27H,2-3,7-9,13,15-20,22H2,1H3,(H,35,40)/t25-,27+/m0/s1. The number of benzene rings is 2. The molecule has 6 nitrogen and oxygen atoms in total. The van der Waals surface area contributed by atoms with E-state index in [-0.39, 0.29) is 29.9 Å². The number of rotatable bonds is 16. The fourth-order valence-corrected chi connectivity index (χ4v) is 6.70. The van der Waals surface area contributed by atoms with Crippen LogP contribution in [0, 0.1) is 5.92 Å². The van der Waals surface area contributed by atoms with Crippen LogP contribution in [0.15, 0.2) is 60.7 Å². The molecule has 1 saturated heterocycles. The third-order valence-corrected chi connectivity index (χ3v) is 8.86. The number of hydrogen-bond acceptors (Lipinski definition) is 6. The molecule has 0 unspecified atom stereocenters. The Morgan fingerprint density at radius 3 is 2.56 bits per heavy atom. The number of Topliss-reactive ketones (excluding diaryl/α,β-unsaturated/α-hetero) is 2. The molecular formula is C33H40ClN3O3S. The van der Waals surface area contributed by atoms with E-state index in [1.165, 1.54) is 24.2 Å². The lowest BCUT2D eigenvalue weighted by Crippen LogP contribution is -2.42. The summed E-state index contributed by atoms with van der Waals surface area (Å²) in [6.07, 6.45) is 5.50. The first-order valence-electron chi connectivity index (χ1n) is 14.6. The molecule has 1 fully saturated rings. The first kappa shape index (κ1) is 31.1. The van der Waals surface area contributed by atoms with Crippen LogP contribution in [0.4, 0.5) is 0 Å². The number of thiazole rings is 1. The summed E-state index contributed by atoms with van der Waals surface area (Å²) in [4.78, 5) is 46.4. The Kier molecular flexibility index (Phi) is 11.7. The molecule has 4 rings (SSSR count). The molecule has 1 amide bonds. The summed E-state index contributed by atoms with van der Waals surface area (Å²) in [7, 11) is 0. The van der Waals surface area contributed by atoms with Gasteiger partial charge >= 0.3 is 0 Å². The molecule has 218 valence electrons. The lowest BCUT2D eigenvalue weighted by Gasteiger charge is -2.23. The summed E-state index contributed by atoms with van der Waals surface area (Å²) in [5.74, 6) is -0.586. The molecule has 41 heavy (non-hydrogen) atoms. The van der Waals surface area contributed by atoms with Gasteiger partial charge in [-0.25, -0.2) is 4.98 Å². The second-order valence-corrected chi connectivity index (χ2v) is 12.6. The Morgan fingerprint density at radius 1 is 1.07 bits per heavy atom. The quantitative estimate of drug-likeness (QED) is 0.189. The molecule has 1 aliphatic heterocycles. The third kappa shape index (κ3) is 9.59. The maximum Gasteiger partial charge on any atom is 0.224 e. The van der Waals surface area contributed by atoms with Crippen LogP contribution in [0.25, 0.3) is 10.2 Å².